The lowest BCUT2D eigenvalue weighted by molar-refractivity contribution is 0.0706. The molecule has 188 valence electrons. The second-order valence-corrected chi connectivity index (χ2v) is 10.2. The van der Waals surface area contributed by atoms with Gasteiger partial charge in [0.15, 0.2) is 11.6 Å². The fourth-order valence-corrected chi connectivity index (χ4v) is 5.87. The number of anilines is 1. The number of rotatable bonds is 7. The van der Waals surface area contributed by atoms with Gasteiger partial charge in [-0.2, -0.15) is 5.10 Å². The maximum Gasteiger partial charge on any atom is 0.274 e. The van der Waals surface area contributed by atoms with Crippen molar-refractivity contribution in [1.29, 1.82) is 0 Å². The fourth-order valence-electron chi connectivity index (χ4n) is 4.71. The monoisotopic (exact) mass is 514 g/mol. The van der Waals surface area contributed by atoms with E-state index in [2.05, 4.69) is 21.2 Å². The van der Waals surface area contributed by atoms with Crippen molar-refractivity contribution in [2.75, 3.05) is 31.2 Å². The minimum absolute atomic E-state index is 0.437. The number of fused-ring (bicyclic) bond motifs is 2. The zero-order chi connectivity index (χ0) is 25.2. The van der Waals surface area contributed by atoms with E-state index in [1.165, 1.54) is 4.88 Å². The van der Waals surface area contributed by atoms with Crippen LogP contribution in [0, 0.1) is 0 Å². The van der Waals surface area contributed by atoms with E-state index in [9.17, 15) is 4.79 Å². The number of aromatic nitrogens is 4. The van der Waals surface area contributed by atoms with Crippen LogP contribution in [0.3, 0.4) is 0 Å². The van der Waals surface area contributed by atoms with Gasteiger partial charge in [-0.3, -0.25) is 15.1 Å². The van der Waals surface area contributed by atoms with Crippen molar-refractivity contribution in [3.63, 3.8) is 0 Å². The highest BCUT2D eigenvalue weighted by Crippen LogP contribution is 2.36. The molecular formula is C27H26N6O3S. The summed E-state index contributed by atoms with van der Waals surface area (Å²) in [6.45, 7) is 2.99. The van der Waals surface area contributed by atoms with E-state index in [-0.39, 0.29) is 0 Å². The molecule has 3 N–H and O–H groups in total. The Balaban J connectivity index is 1.28. The Morgan fingerprint density at radius 1 is 1.11 bits per heavy atom. The number of nitrogens with one attached hydrogen (secondary N) is 2. The second kappa shape index (κ2) is 10.3. The molecule has 3 aromatic heterocycles. The highest BCUT2D eigenvalue weighted by molar-refractivity contribution is 7.19. The first-order chi connectivity index (χ1) is 18.2. The number of nitrogens with zero attached hydrogens (tertiary/aromatic N) is 4. The molecule has 9 nitrogen and oxygen atoms in total. The van der Waals surface area contributed by atoms with Gasteiger partial charge < -0.3 is 9.64 Å². The molecule has 1 saturated heterocycles. The standard InChI is InChI=1S/C27H26N6O3S/c34-27(32-35)18-9-7-17(8-10-18)3-1-4-19-15-23-24(37-19)26(33-11-13-36-14-12-33)30-25(29-23)20-5-2-6-22-21(20)16-28-31-22/h2,5-10,15-16,35H,1,3-4,11-14H2,(H,28,31)(H,32,34). The van der Waals surface area contributed by atoms with E-state index in [0.717, 1.165) is 70.4 Å². The van der Waals surface area contributed by atoms with Crippen molar-refractivity contribution < 1.29 is 14.7 Å². The molecule has 1 amide bonds. The molecule has 5 aromatic rings. The van der Waals surface area contributed by atoms with Gasteiger partial charge >= 0.3 is 0 Å². The van der Waals surface area contributed by atoms with Gasteiger partial charge in [-0.05, 0) is 49.1 Å². The van der Waals surface area contributed by atoms with Gasteiger partial charge in [0.05, 0.1) is 35.1 Å². The number of aryl methyl sites for hydroxylation is 2. The van der Waals surface area contributed by atoms with Gasteiger partial charge in [-0.1, -0.05) is 24.3 Å². The van der Waals surface area contributed by atoms with Crippen molar-refractivity contribution in [3.8, 4) is 11.4 Å². The first kappa shape index (κ1) is 23.5. The van der Waals surface area contributed by atoms with Gasteiger partial charge in [-0.15, -0.1) is 11.3 Å². The molecule has 1 fully saturated rings. The maximum absolute atomic E-state index is 11.5. The number of hydroxylamine groups is 1. The number of ether oxygens (including phenoxy) is 1. The predicted octanol–water partition coefficient (Wildman–Crippen LogP) is 4.37. The van der Waals surface area contributed by atoms with E-state index in [1.54, 1.807) is 28.9 Å². The maximum atomic E-state index is 11.5. The molecular weight excluding hydrogens is 488 g/mol. The first-order valence-electron chi connectivity index (χ1n) is 12.3. The third-order valence-corrected chi connectivity index (χ3v) is 7.83. The number of morpholine rings is 1. The lowest BCUT2D eigenvalue weighted by Gasteiger charge is -2.28. The number of carbonyl (C=O) groups is 1. The van der Waals surface area contributed by atoms with Crippen molar-refractivity contribution >= 4 is 44.2 Å². The third kappa shape index (κ3) is 4.78. The highest BCUT2D eigenvalue weighted by Gasteiger charge is 2.21. The van der Waals surface area contributed by atoms with Crippen molar-refractivity contribution in [3.05, 3.63) is 70.7 Å². The SMILES string of the molecule is O=C(NO)c1ccc(CCCc2cc3nc(-c4cccc5[nH]ncc45)nc(N4CCOCC4)c3s2)cc1. The lowest BCUT2D eigenvalue weighted by atomic mass is 10.1. The van der Waals surface area contributed by atoms with Crippen LogP contribution < -0.4 is 10.4 Å². The largest absolute Gasteiger partial charge is 0.378 e. The van der Waals surface area contributed by atoms with Gasteiger partial charge in [0.25, 0.3) is 5.91 Å². The smallest absolute Gasteiger partial charge is 0.274 e. The third-order valence-electron chi connectivity index (χ3n) is 6.65. The van der Waals surface area contributed by atoms with Crippen LogP contribution in [0.25, 0.3) is 32.5 Å². The molecule has 1 aliphatic heterocycles. The number of hydrogen-bond donors (Lipinski definition) is 3. The number of hydrogen-bond acceptors (Lipinski definition) is 8. The Kier molecular flexibility index (Phi) is 6.52. The van der Waals surface area contributed by atoms with Crippen LogP contribution in [0.5, 0.6) is 0 Å². The van der Waals surface area contributed by atoms with E-state index >= 15 is 0 Å². The van der Waals surface area contributed by atoms with Crippen LogP contribution in [0.2, 0.25) is 0 Å². The highest BCUT2D eigenvalue weighted by atomic mass is 32.1. The van der Waals surface area contributed by atoms with Gasteiger partial charge in [0.1, 0.15) is 0 Å². The van der Waals surface area contributed by atoms with E-state index < -0.39 is 5.91 Å². The Hall–Kier alpha value is -3.86. The van der Waals surface area contributed by atoms with Gasteiger partial charge in [0, 0.05) is 34.5 Å². The van der Waals surface area contributed by atoms with Crippen LogP contribution in [-0.2, 0) is 17.6 Å². The average molecular weight is 515 g/mol. The van der Waals surface area contributed by atoms with Crippen LogP contribution in [0.15, 0.2) is 54.7 Å². The fraction of sp³-hybridized carbons (Fsp3) is 0.259. The Morgan fingerprint density at radius 2 is 1.95 bits per heavy atom. The molecule has 10 heteroatoms. The quantitative estimate of drug-likeness (QED) is 0.218. The molecule has 6 rings (SSSR count). The van der Waals surface area contributed by atoms with E-state index in [4.69, 9.17) is 19.9 Å². The van der Waals surface area contributed by atoms with Crippen LogP contribution in [-0.4, -0.2) is 57.6 Å². The summed E-state index contributed by atoms with van der Waals surface area (Å²) in [5, 5.41) is 17.0. The zero-order valence-electron chi connectivity index (χ0n) is 20.1. The first-order valence-corrected chi connectivity index (χ1v) is 13.1. The molecule has 0 atom stereocenters. The molecule has 0 saturated carbocycles. The number of H-pyrrole nitrogens is 1. The van der Waals surface area contributed by atoms with Crippen LogP contribution in [0.1, 0.15) is 27.2 Å². The van der Waals surface area contributed by atoms with Gasteiger partial charge in [0.2, 0.25) is 0 Å². The molecule has 1 aliphatic rings. The number of thiophene rings is 1. The van der Waals surface area contributed by atoms with Crippen LogP contribution in [0.4, 0.5) is 5.82 Å². The molecule has 0 unspecified atom stereocenters. The molecule has 37 heavy (non-hydrogen) atoms. The molecule has 0 spiro atoms. The van der Waals surface area contributed by atoms with Crippen molar-refractivity contribution in [2.24, 2.45) is 0 Å². The van der Waals surface area contributed by atoms with Gasteiger partial charge in [-0.25, -0.2) is 15.4 Å². The molecule has 0 bridgehead atoms. The van der Waals surface area contributed by atoms with Crippen LogP contribution >= 0.6 is 11.3 Å². The summed E-state index contributed by atoms with van der Waals surface area (Å²) in [7, 11) is 0. The Morgan fingerprint density at radius 3 is 2.76 bits per heavy atom. The molecule has 0 radical (unpaired) electrons. The topological polar surface area (TPSA) is 116 Å². The minimum atomic E-state index is -0.502. The number of aromatic amines is 1. The average Bonchev–Trinajstić information content (AvgIpc) is 3.60. The molecule has 0 aliphatic carbocycles. The Bertz CT molecular complexity index is 1560. The summed E-state index contributed by atoms with van der Waals surface area (Å²) < 4.78 is 6.70. The summed E-state index contributed by atoms with van der Waals surface area (Å²) in [5.41, 5.74) is 6.15. The normalized spacial score (nSPS) is 13.9. The summed E-state index contributed by atoms with van der Waals surface area (Å²) in [4.78, 5) is 25.2. The Labute approximate surface area is 217 Å². The van der Waals surface area contributed by atoms with E-state index in [0.29, 0.717) is 24.6 Å². The molecule has 2 aromatic carbocycles. The number of benzene rings is 2. The second-order valence-electron chi connectivity index (χ2n) is 9.03. The lowest BCUT2D eigenvalue weighted by Crippen LogP contribution is -2.36. The van der Waals surface area contributed by atoms with Crippen molar-refractivity contribution in [1.82, 2.24) is 25.6 Å². The summed E-state index contributed by atoms with van der Waals surface area (Å²) in [5.74, 6) is 1.17. The number of amides is 1. The van der Waals surface area contributed by atoms with E-state index in [1.807, 2.05) is 36.5 Å². The predicted molar refractivity (Wildman–Crippen MR) is 143 cm³/mol. The number of carbonyl (C=O) groups excluding carboxylic acids is 1. The zero-order valence-corrected chi connectivity index (χ0v) is 20.9. The molecule has 4 heterocycles. The summed E-state index contributed by atoms with van der Waals surface area (Å²) in [6.07, 6.45) is 4.62. The van der Waals surface area contributed by atoms with Crippen molar-refractivity contribution in [2.45, 2.75) is 19.3 Å². The minimum Gasteiger partial charge on any atom is -0.378 e. The summed E-state index contributed by atoms with van der Waals surface area (Å²) >= 11 is 1.76. The summed E-state index contributed by atoms with van der Waals surface area (Å²) in [6, 6.07) is 15.6.